The van der Waals surface area contributed by atoms with Crippen LogP contribution in [-0.4, -0.2) is 47.8 Å². The predicted molar refractivity (Wildman–Crippen MR) is 101 cm³/mol. The minimum Gasteiger partial charge on any atom is -0.417 e. The molecule has 1 fully saturated rings. The van der Waals surface area contributed by atoms with Gasteiger partial charge in [0.2, 0.25) is 17.7 Å². The van der Waals surface area contributed by atoms with E-state index in [0.717, 1.165) is 0 Å². The van der Waals surface area contributed by atoms with E-state index in [2.05, 4.69) is 26.8 Å². The number of amides is 1. The SMILES string of the molecule is C=C(CCNC(=O)CO[C@H]1C[C@@H](OC(F)(F)F)C1)c1nnc(-c2ccc(Cl)c(F)c2)o1. The number of ether oxygens (including phenoxy) is 2. The Morgan fingerprint density at radius 3 is 2.71 bits per heavy atom. The molecule has 1 amide bonds. The molecular formula is C19H18ClF4N3O4. The number of hydrogen-bond acceptors (Lipinski definition) is 6. The zero-order valence-electron chi connectivity index (χ0n) is 16.0. The average molecular weight is 464 g/mol. The molecule has 1 saturated carbocycles. The van der Waals surface area contributed by atoms with E-state index in [-0.39, 0.29) is 42.8 Å². The van der Waals surface area contributed by atoms with Crippen LogP contribution in [0.4, 0.5) is 17.6 Å². The third kappa shape index (κ3) is 6.74. The predicted octanol–water partition coefficient (Wildman–Crippen LogP) is 4.13. The van der Waals surface area contributed by atoms with E-state index in [1.165, 1.54) is 18.2 Å². The van der Waals surface area contributed by atoms with Crippen LogP contribution in [0.15, 0.2) is 29.2 Å². The molecule has 0 spiro atoms. The Bertz CT molecular complexity index is 944. The van der Waals surface area contributed by atoms with Crippen LogP contribution in [0.5, 0.6) is 0 Å². The summed E-state index contributed by atoms with van der Waals surface area (Å²) in [6.07, 6.45) is -5.57. The van der Waals surface area contributed by atoms with Gasteiger partial charge in [0, 0.05) is 30.5 Å². The van der Waals surface area contributed by atoms with Crippen LogP contribution >= 0.6 is 11.6 Å². The van der Waals surface area contributed by atoms with Gasteiger partial charge in [-0.25, -0.2) is 4.39 Å². The molecule has 1 aliphatic rings. The average Bonchev–Trinajstić information content (AvgIpc) is 3.15. The Morgan fingerprint density at radius 1 is 1.29 bits per heavy atom. The highest BCUT2D eigenvalue weighted by atomic mass is 35.5. The Hall–Kier alpha value is -2.50. The molecule has 0 radical (unpaired) electrons. The van der Waals surface area contributed by atoms with Gasteiger partial charge in [-0.1, -0.05) is 18.2 Å². The Kier molecular flexibility index (Phi) is 7.29. The normalized spacial score (nSPS) is 18.5. The van der Waals surface area contributed by atoms with Gasteiger partial charge in [0.1, 0.15) is 12.4 Å². The van der Waals surface area contributed by atoms with Crippen molar-refractivity contribution >= 4 is 23.1 Å². The van der Waals surface area contributed by atoms with Crippen LogP contribution in [0.3, 0.4) is 0 Å². The number of nitrogens with zero attached hydrogens (tertiary/aromatic N) is 2. The van der Waals surface area contributed by atoms with E-state index < -0.39 is 30.3 Å². The summed E-state index contributed by atoms with van der Waals surface area (Å²) >= 11 is 5.64. The van der Waals surface area contributed by atoms with Gasteiger partial charge in [0.25, 0.3) is 0 Å². The van der Waals surface area contributed by atoms with Crippen molar-refractivity contribution in [2.24, 2.45) is 0 Å². The summed E-state index contributed by atoms with van der Waals surface area (Å²) in [4.78, 5) is 11.8. The van der Waals surface area contributed by atoms with Crippen molar-refractivity contribution in [3.05, 3.63) is 41.5 Å². The van der Waals surface area contributed by atoms with Crippen LogP contribution in [0.25, 0.3) is 17.0 Å². The number of benzene rings is 1. The summed E-state index contributed by atoms with van der Waals surface area (Å²) in [6.45, 7) is 3.75. The van der Waals surface area contributed by atoms with Gasteiger partial charge >= 0.3 is 6.36 Å². The lowest BCUT2D eigenvalue weighted by molar-refractivity contribution is -0.357. The lowest BCUT2D eigenvalue weighted by Gasteiger charge is -2.34. The summed E-state index contributed by atoms with van der Waals surface area (Å²) in [6, 6.07) is 4.07. The van der Waals surface area contributed by atoms with Crippen LogP contribution in [0, 0.1) is 5.82 Å². The number of aromatic nitrogens is 2. The second-order valence-corrected chi connectivity index (χ2v) is 7.24. The Balaban J connectivity index is 1.35. The fraction of sp³-hybridized carbons (Fsp3) is 0.421. The molecule has 0 aliphatic heterocycles. The molecule has 1 aromatic heterocycles. The van der Waals surface area contributed by atoms with Crippen molar-refractivity contribution in [1.82, 2.24) is 15.5 Å². The van der Waals surface area contributed by atoms with Crippen LogP contribution < -0.4 is 5.32 Å². The lowest BCUT2D eigenvalue weighted by atomic mass is 9.92. The number of nitrogens with one attached hydrogen (secondary N) is 1. The van der Waals surface area contributed by atoms with Crippen molar-refractivity contribution in [2.75, 3.05) is 13.2 Å². The number of alkyl halides is 3. The number of rotatable bonds is 9. The lowest BCUT2D eigenvalue weighted by Crippen LogP contribution is -2.42. The Morgan fingerprint density at radius 2 is 2.03 bits per heavy atom. The van der Waals surface area contributed by atoms with E-state index in [1.807, 2.05) is 0 Å². The van der Waals surface area contributed by atoms with Crippen LogP contribution in [0.1, 0.15) is 25.2 Å². The molecule has 1 heterocycles. The second-order valence-electron chi connectivity index (χ2n) is 6.83. The molecule has 1 N–H and O–H groups in total. The monoisotopic (exact) mass is 463 g/mol. The quantitative estimate of drug-likeness (QED) is 0.563. The van der Waals surface area contributed by atoms with Gasteiger partial charge in [-0.2, -0.15) is 0 Å². The largest absolute Gasteiger partial charge is 0.522 e. The third-order valence-electron chi connectivity index (χ3n) is 4.44. The molecule has 1 aliphatic carbocycles. The van der Waals surface area contributed by atoms with Crippen molar-refractivity contribution in [2.45, 2.75) is 37.8 Å². The fourth-order valence-corrected chi connectivity index (χ4v) is 2.87. The molecule has 31 heavy (non-hydrogen) atoms. The summed E-state index contributed by atoms with van der Waals surface area (Å²) in [5.74, 6) is -0.803. The fourth-order valence-electron chi connectivity index (χ4n) is 2.75. The van der Waals surface area contributed by atoms with Crippen molar-refractivity contribution in [1.29, 1.82) is 0 Å². The summed E-state index contributed by atoms with van der Waals surface area (Å²) in [5, 5.41) is 10.3. The van der Waals surface area contributed by atoms with Gasteiger partial charge < -0.3 is 14.5 Å². The highest BCUT2D eigenvalue weighted by molar-refractivity contribution is 6.30. The summed E-state index contributed by atoms with van der Waals surface area (Å²) < 4.78 is 64.2. The van der Waals surface area contributed by atoms with Gasteiger partial charge in [-0.05, 0) is 24.6 Å². The first-order chi connectivity index (χ1) is 14.6. The smallest absolute Gasteiger partial charge is 0.417 e. The van der Waals surface area contributed by atoms with Gasteiger partial charge in [-0.15, -0.1) is 23.4 Å². The topological polar surface area (TPSA) is 86.5 Å². The minimum absolute atomic E-state index is 0.0283. The first-order valence-electron chi connectivity index (χ1n) is 9.20. The zero-order chi connectivity index (χ0) is 22.6. The summed E-state index contributed by atoms with van der Waals surface area (Å²) in [7, 11) is 0. The summed E-state index contributed by atoms with van der Waals surface area (Å²) in [5.41, 5.74) is 0.818. The van der Waals surface area contributed by atoms with Crippen LogP contribution in [-0.2, 0) is 14.3 Å². The van der Waals surface area contributed by atoms with Gasteiger partial charge in [0.05, 0.1) is 17.2 Å². The van der Waals surface area contributed by atoms with E-state index in [4.69, 9.17) is 20.8 Å². The molecule has 168 valence electrons. The standard InChI is InChI=1S/C19H18ClF4N3O4/c1-10(17-26-27-18(30-17)11-2-3-14(20)15(21)6-11)4-5-25-16(28)9-29-12-7-13(8-12)31-19(22,23)24/h2-3,6,12-13H,1,4-5,7-9H2,(H,25,28)/t12-,13+. The molecule has 0 saturated heterocycles. The van der Waals surface area contributed by atoms with E-state index in [0.29, 0.717) is 17.6 Å². The van der Waals surface area contributed by atoms with Gasteiger partial charge in [-0.3, -0.25) is 9.53 Å². The molecule has 1 aromatic carbocycles. The molecule has 12 heteroatoms. The van der Waals surface area contributed by atoms with Crippen LogP contribution in [0.2, 0.25) is 5.02 Å². The van der Waals surface area contributed by atoms with E-state index in [1.54, 1.807) is 0 Å². The Labute approximate surface area is 179 Å². The highest BCUT2D eigenvalue weighted by Gasteiger charge is 2.40. The second kappa shape index (κ2) is 9.75. The molecule has 3 rings (SSSR count). The molecule has 7 nitrogen and oxygen atoms in total. The maximum Gasteiger partial charge on any atom is 0.522 e. The van der Waals surface area contributed by atoms with Crippen molar-refractivity contribution in [3.8, 4) is 11.5 Å². The first-order valence-corrected chi connectivity index (χ1v) is 9.58. The maximum absolute atomic E-state index is 13.6. The molecular weight excluding hydrogens is 446 g/mol. The number of hydrogen-bond donors (Lipinski definition) is 1. The van der Waals surface area contributed by atoms with E-state index in [9.17, 15) is 22.4 Å². The molecule has 0 bridgehead atoms. The number of halogens is 5. The molecule has 0 atom stereocenters. The number of carbonyl (C=O) groups is 1. The highest BCUT2D eigenvalue weighted by Crippen LogP contribution is 2.32. The first kappa shape index (κ1) is 23.2. The zero-order valence-corrected chi connectivity index (χ0v) is 16.8. The minimum atomic E-state index is -4.67. The number of carbonyl (C=O) groups excluding carboxylic acids is 1. The van der Waals surface area contributed by atoms with Crippen molar-refractivity contribution in [3.63, 3.8) is 0 Å². The van der Waals surface area contributed by atoms with Gasteiger partial charge in [0.15, 0.2) is 0 Å². The molecule has 2 aromatic rings. The maximum atomic E-state index is 13.6. The van der Waals surface area contributed by atoms with Crippen molar-refractivity contribution < 1.29 is 36.2 Å². The van der Waals surface area contributed by atoms with E-state index >= 15 is 0 Å². The molecule has 0 unspecified atom stereocenters. The third-order valence-corrected chi connectivity index (χ3v) is 4.75.